The van der Waals surface area contributed by atoms with E-state index in [1.165, 1.54) is 72.1 Å². The largest absolute Gasteiger partial charge is 0.445 e. The summed E-state index contributed by atoms with van der Waals surface area (Å²) in [6.45, 7) is 2.12. The Bertz CT molecular complexity index is 1220. The fourth-order valence-electron chi connectivity index (χ4n) is 4.26. The van der Waals surface area contributed by atoms with Crippen molar-refractivity contribution in [2.24, 2.45) is 0 Å². The van der Waals surface area contributed by atoms with Crippen LogP contribution in [0.5, 0.6) is 0 Å². The number of likely N-dealkylation sites (tertiary alicyclic amines) is 1. The van der Waals surface area contributed by atoms with Crippen LogP contribution in [0.3, 0.4) is 0 Å². The van der Waals surface area contributed by atoms with Gasteiger partial charge in [-0.25, -0.2) is 9.59 Å². The minimum Gasteiger partial charge on any atom is -0.445 e. The van der Waals surface area contributed by atoms with Crippen molar-refractivity contribution in [1.29, 1.82) is 0 Å². The zero-order valence-corrected chi connectivity index (χ0v) is 22.9. The maximum Gasteiger partial charge on any atom is 0.410 e. The van der Waals surface area contributed by atoms with E-state index in [-0.39, 0.29) is 41.0 Å². The van der Waals surface area contributed by atoms with Gasteiger partial charge in [-0.3, -0.25) is 25.0 Å². The predicted octanol–water partition coefficient (Wildman–Crippen LogP) is 4.91. The van der Waals surface area contributed by atoms with Crippen LogP contribution in [0.15, 0.2) is 48.5 Å². The molecule has 0 spiro atoms. The molecule has 14 heteroatoms. The summed E-state index contributed by atoms with van der Waals surface area (Å²) in [5.41, 5.74) is 1.12. The Hall–Kier alpha value is -4.20. The van der Waals surface area contributed by atoms with Crippen LogP contribution in [0.2, 0.25) is 0 Å². The van der Waals surface area contributed by atoms with Crippen molar-refractivity contribution in [3.05, 3.63) is 79.9 Å². The summed E-state index contributed by atoms with van der Waals surface area (Å²) in [7, 11) is 1.59. The minimum absolute atomic E-state index is 0.0257. The van der Waals surface area contributed by atoms with E-state index < -0.39 is 22.0 Å². The molecule has 13 nitrogen and oxygen atoms in total. The first-order chi connectivity index (χ1) is 19.0. The number of carbonyl (C=O) groups excluding carboxylic acids is 3. The van der Waals surface area contributed by atoms with Gasteiger partial charge in [0.25, 0.3) is 11.4 Å². The molecule has 2 aromatic rings. The highest BCUT2D eigenvalue weighted by atomic mass is 32.2. The molecule has 1 saturated heterocycles. The molecule has 3 rings (SSSR count). The van der Waals surface area contributed by atoms with Gasteiger partial charge in [0.05, 0.1) is 9.85 Å². The van der Waals surface area contributed by atoms with Crippen LogP contribution in [-0.4, -0.2) is 68.4 Å². The molecule has 1 fully saturated rings. The molecule has 1 aliphatic heterocycles. The van der Waals surface area contributed by atoms with Gasteiger partial charge in [-0.1, -0.05) is 11.8 Å². The Morgan fingerprint density at radius 3 is 1.98 bits per heavy atom. The third-order valence-corrected chi connectivity index (χ3v) is 7.31. The van der Waals surface area contributed by atoms with Crippen molar-refractivity contribution in [2.45, 2.75) is 50.7 Å². The molecule has 2 atom stereocenters. The van der Waals surface area contributed by atoms with E-state index in [4.69, 9.17) is 9.47 Å². The zero-order chi connectivity index (χ0) is 29.2. The average molecular weight is 575 g/mol. The lowest BCUT2D eigenvalue weighted by molar-refractivity contribution is -0.385. The molecule has 0 N–H and O–H groups in total. The van der Waals surface area contributed by atoms with Crippen LogP contribution < -0.4 is 0 Å². The number of nitro groups is 2. The second-order valence-electron chi connectivity index (χ2n) is 9.29. The summed E-state index contributed by atoms with van der Waals surface area (Å²) in [6.07, 6.45) is 0.657. The van der Waals surface area contributed by atoms with E-state index in [2.05, 4.69) is 0 Å². The summed E-state index contributed by atoms with van der Waals surface area (Å²) < 4.78 is 10.7. The Morgan fingerprint density at radius 1 is 0.950 bits per heavy atom. The van der Waals surface area contributed by atoms with E-state index in [1.54, 1.807) is 11.9 Å². The predicted molar refractivity (Wildman–Crippen MR) is 146 cm³/mol. The topological polar surface area (TPSA) is 162 Å². The molecule has 0 saturated carbocycles. The molecule has 1 heterocycles. The summed E-state index contributed by atoms with van der Waals surface area (Å²) in [5.74, 6) is 0. The molecule has 0 bridgehead atoms. The van der Waals surface area contributed by atoms with E-state index in [0.29, 0.717) is 43.5 Å². The van der Waals surface area contributed by atoms with Gasteiger partial charge in [0, 0.05) is 62.6 Å². The van der Waals surface area contributed by atoms with Crippen LogP contribution in [0.25, 0.3) is 0 Å². The Kier molecular flexibility index (Phi) is 10.8. The lowest BCUT2D eigenvalue weighted by atomic mass is 10.1. The van der Waals surface area contributed by atoms with Gasteiger partial charge in [-0.05, 0) is 54.7 Å². The summed E-state index contributed by atoms with van der Waals surface area (Å²) in [5, 5.41) is 21.5. The number of thioether (sulfide) groups is 1. The molecule has 0 aliphatic carbocycles. The van der Waals surface area contributed by atoms with Crippen molar-refractivity contribution in [3.63, 3.8) is 0 Å². The molecule has 1 aliphatic rings. The van der Waals surface area contributed by atoms with Gasteiger partial charge in [0.1, 0.15) is 13.2 Å². The number of nitrogens with zero attached hydrogens (tertiary/aromatic N) is 4. The lowest BCUT2D eigenvalue weighted by Crippen LogP contribution is -2.37. The molecule has 2 amide bonds. The van der Waals surface area contributed by atoms with E-state index >= 15 is 0 Å². The molecule has 40 heavy (non-hydrogen) atoms. The van der Waals surface area contributed by atoms with Gasteiger partial charge >= 0.3 is 12.2 Å². The summed E-state index contributed by atoms with van der Waals surface area (Å²) in [6, 6.07) is 11.3. The fraction of sp³-hybridized carbons (Fsp3) is 0.423. The van der Waals surface area contributed by atoms with Gasteiger partial charge in [0.2, 0.25) is 0 Å². The average Bonchev–Trinajstić information content (AvgIpc) is 3.32. The number of nitro benzene ring substituents is 2. The fourth-order valence-corrected chi connectivity index (χ4v) is 5.28. The van der Waals surface area contributed by atoms with Gasteiger partial charge in [-0.15, -0.1) is 0 Å². The van der Waals surface area contributed by atoms with Crippen molar-refractivity contribution >= 4 is 40.4 Å². The van der Waals surface area contributed by atoms with Crippen molar-refractivity contribution in [2.75, 3.05) is 20.1 Å². The van der Waals surface area contributed by atoms with Crippen molar-refractivity contribution in [1.82, 2.24) is 9.80 Å². The number of hydrogen-bond acceptors (Lipinski definition) is 10. The highest BCUT2D eigenvalue weighted by Gasteiger charge is 2.37. The van der Waals surface area contributed by atoms with E-state index in [9.17, 15) is 34.6 Å². The Labute approximate surface area is 234 Å². The van der Waals surface area contributed by atoms with Crippen LogP contribution in [0.4, 0.5) is 21.0 Å². The molecular formula is C26H30N4O9S. The smallest absolute Gasteiger partial charge is 0.410 e. The third kappa shape index (κ3) is 8.93. The summed E-state index contributed by atoms with van der Waals surface area (Å²) in [4.78, 5) is 60.5. The van der Waals surface area contributed by atoms with Gasteiger partial charge in [0.15, 0.2) is 5.12 Å². The molecular weight excluding hydrogens is 544 g/mol. The first-order valence-corrected chi connectivity index (χ1v) is 13.4. The van der Waals surface area contributed by atoms with Gasteiger partial charge < -0.3 is 19.3 Å². The SMILES string of the molecule is CC(=O)S[C@H]1C[C@@H](CCCN(C)C(=O)OCc2ccc([N+](=O)[O-])cc2)N(C(=O)OCc2ccc([N+](=O)[O-])cc2)C1. The van der Waals surface area contributed by atoms with Gasteiger partial charge in [-0.2, -0.15) is 0 Å². The third-order valence-electron chi connectivity index (χ3n) is 6.30. The second kappa shape index (κ2) is 14.3. The Morgan fingerprint density at radius 2 is 1.48 bits per heavy atom. The lowest BCUT2D eigenvalue weighted by Gasteiger charge is -2.25. The molecule has 2 aromatic carbocycles. The van der Waals surface area contributed by atoms with Crippen molar-refractivity contribution < 1.29 is 33.7 Å². The monoisotopic (exact) mass is 574 g/mol. The van der Waals surface area contributed by atoms with Crippen LogP contribution in [0, 0.1) is 20.2 Å². The maximum atomic E-state index is 12.9. The Balaban J connectivity index is 1.48. The number of non-ortho nitro benzene ring substituents is 2. The van der Waals surface area contributed by atoms with E-state index in [1.807, 2.05) is 0 Å². The molecule has 0 aromatic heterocycles. The normalized spacial score (nSPS) is 16.3. The quantitative estimate of drug-likeness (QED) is 0.266. The summed E-state index contributed by atoms with van der Waals surface area (Å²) >= 11 is 1.18. The standard InChI is InChI=1S/C26H30N4O9S/c1-18(31)40-24-14-23(28(15-24)26(33)39-17-20-7-11-22(12-8-20)30(36)37)4-3-13-27(2)25(32)38-16-19-5-9-21(10-6-19)29(34)35/h5-12,23-24H,3-4,13-17H2,1-2H3/t23-,24+/m1/s1. The van der Waals surface area contributed by atoms with Crippen LogP contribution in [0.1, 0.15) is 37.3 Å². The van der Waals surface area contributed by atoms with Crippen LogP contribution in [-0.2, 0) is 27.5 Å². The second-order valence-corrected chi connectivity index (χ2v) is 10.8. The van der Waals surface area contributed by atoms with E-state index in [0.717, 1.165) is 0 Å². The molecule has 0 unspecified atom stereocenters. The maximum absolute atomic E-state index is 12.9. The van der Waals surface area contributed by atoms with Crippen LogP contribution >= 0.6 is 11.8 Å². The first-order valence-electron chi connectivity index (χ1n) is 12.5. The highest BCUT2D eigenvalue weighted by molar-refractivity contribution is 8.14. The zero-order valence-electron chi connectivity index (χ0n) is 22.1. The number of hydrogen-bond donors (Lipinski definition) is 0. The number of amides is 2. The molecule has 214 valence electrons. The number of rotatable bonds is 11. The highest BCUT2D eigenvalue weighted by Crippen LogP contribution is 2.31. The first kappa shape index (κ1) is 30.3. The number of ether oxygens (including phenoxy) is 2. The number of carbonyl (C=O) groups is 3. The van der Waals surface area contributed by atoms with Crippen molar-refractivity contribution in [3.8, 4) is 0 Å². The minimum atomic E-state index is -0.547. The number of benzene rings is 2. The molecule has 0 radical (unpaired) electrons.